The average Bonchev–Trinajstić information content (AvgIpc) is 2.42. The summed E-state index contributed by atoms with van der Waals surface area (Å²) in [4.78, 5) is 15.6. The van der Waals surface area contributed by atoms with Crippen LogP contribution < -0.4 is 0 Å². The normalized spacial score (nSPS) is 11.2. The maximum atomic E-state index is 10.8. The summed E-state index contributed by atoms with van der Waals surface area (Å²) in [6, 6.07) is 11.5. The molecule has 0 bridgehead atoms. The van der Waals surface area contributed by atoms with Crippen molar-refractivity contribution < 1.29 is 14.7 Å². The van der Waals surface area contributed by atoms with Gasteiger partial charge in [0.1, 0.15) is 6.61 Å². The molecule has 0 aromatic heterocycles. The van der Waals surface area contributed by atoms with Crippen molar-refractivity contribution in [3.05, 3.63) is 42.0 Å². The van der Waals surface area contributed by atoms with Crippen molar-refractivity contribution in [2.75, 3.05) is 6.61 Å². The van der Waals surface area contributed by atoms with E-state index in [0.717, 1.165) is 5.56 Å². The number of rotatable bonds is 7. The minimum Gasteiger partial charge on any atom is -0.477 e. The Hall–Kier alpha value is -2.61. The van der Waals surface area contributed by atoms with Gasteiger partial charge in [0.05, 0.1) is 6.07 Å². The SMILES string of the molecule is N#CCCC(=NOCC=Cc1ccccc1)C(=O)O. The molecule has 19 heavy (non-hydrogen) atoms. The van der Waals surface area contributed by atoms with Crippen molar-refractivity contribution in [1.82, 2.24) is 0 Å². The largest absolute Gasteiger partial charge is 0.477 e. The molecule has 0 spiro atoms. The zero-order valence-electron chi connectivity index (χ0n) is 10.3. The summed E-state index contributed by atoms with van der Waals surface area (Å²) in [5, 5.41) is 20.7. The number of carboxylic acids is 1. The predicted octanol–water partition coefficient (Wildman–Crippen LogP) is 2.46. The molecule has 98 valence electrons. The van der Waals surface area contributed by atoms with Crippen LogP contribution in [0.1, 0.15) is 18.4 Å². The molecule has 0 saturated carbocycles. The lowest BCUT2D eigenvalue weighted by atomic mass is 10.2. The standard InChI is InChI=1S/C14H14N2O3/c15-10-4-9-13(14(17)18)16-19-11-5-8-12-6-2-1-3-7-12/h1-3,5-8H,4,9,11H2,(H,17,18). The number of nitriles is 1. The third-order valence-electron chi connectivity index (χ3n) is 2.18. The third-order valence-corrected chi connectivity index (χ3v) is 2.18. The minimum atomic E-state index is -1.16. The molecule has 0 amide bonds. The summed E-state index contributed by atoms with van der Waals surface area (Å²) in [5.74, 6) is -1.16. The molecule has 0 unspecified atom stereocenters. The second kappa shape index (κ2) is 8.48. The Labute approximate surface area is 111 Å². The van der Waals surface area contributed by atoms with Gasteiger partial charge in [0.2, 0.25) is 0 Å². The Morgan fingerprint density at radius 1 is 1.42 bits per heavy atom. The number of benzene rings is 1. The molecule has 0 aliphatic heterocycles. The van der Waals surface area contributed by atoms with Gasteiger partial charge < -0.3 is 9.94 Å². The van der Waals surface area contributed by atoms with Crippen molar-refractivity contribution in [2.24, 2.45) is 5.16 Å². The van der Waals surface area contributed by atoms with Crippen LogP contribution in [0.5, 0.6) is 0 Å². The lowest BCUT2D eigenvalue weighted by Crippen LogP contribution is -2.13. The maximum absolute atomic E-state index is 10.8. The summed E-state index contributed by atoms with van der Waals surface area (Å²) in [6.45, 7) is 0.179. The minimum absolute atomic E-state index is 0.0776. The Morgan fingerprint density at radius 2 is 2.16 bits per heavy atom. The van der Waals surface area contributed by atoms with Gasteiger partial charge in [0, 0.05) is 12.8 Å². The molecule has 1 aromatic rings. The van der Waals surface area contributed by atoms with Crippen molar-refractivity contribution in [3.63, 3.8) is 0 Å². The summed E-state index contributed by atoms with van der Waals surface area (Å²) < 4.78 is 0. The first-order chi connectivity index (χ1) is 9.24. The number of nitrogens with zero attached hydrogens (tertiary/aromatic N) is 2. The van der Waals surface area contributed by atoms with Gasteiger partial charge in [-0.15, -0.1) is 0 Å². The first-order valence-corrected chi connectivity index (χ1v) is 5.74. The molecule has 0 aliphatic carbocycles. The fourth-order valence-electron chi connectivity index (χ4n) is 1.27. The van der Waals surface area contributed by atoms with E-state index in [2.05, 4.69) is 5.16 Å². The molecule has 0 fully saturated rings. The van der Waals surface area contributed by atoms with Crippen LogP contribution >= 0.6 is 0 Å². The zero-order chi connectivity index (χ0) is 13.9. The lowest BCUT2D eigenvalue weighted by molar-refractivity contribution is -0.129. The van der Waals surface area contributed by atoms with Crippen LogP contribution in [-0.2, 0) is 9.63 Å². The quantitative estimate of drug-likeness (QED) is 0.462. The van der Waals surface area contributed by atoms with Crippen molar-refractivity contribution in [2.45, 2.75) is 12.8 Å². The molecule has 1 aromatic carbocycles. The average molecular weight is 258 g/mol. The smallest absolute Gasteiger partial charge is 0.353 e. The van der Waals surface area contributed by atoms with E-state index < -0.39 is 5.97 Å². The fraction of sp³-hybridized carbons (Fsp3) is 0.214. The van der Waals surface area contributed by atoms with Crippen LogP contribution in [0, 0.1) is 11.3 Å². The molecule has 0 aliphatic rings. The van der Waals surface area contributed by atoms with E-state index in [9.17, 15) is 4.79 Å². The number of carbonyl (C=O) groups is 1. The monoisotopic (exact) mass is 258 g/mol. The van der Waals surface area contributed by atoms with Crippen molar-refractivity contribution in [3.8, 4) is 6.07 Å². The van der Waals surface area contributed by atoms with Crippen molar-refractivity contribution >= 4 is 17.8 Å². The molecular formula is C14H14N2O3. The van der Waals surface area contributed by atoms with Crippen LogP contribution in [0.3, 0.4) is 0 Å². The second-order valence-corrected chi connectivity index (χ2v) is 3.61. The van der Waals surface area contributed by atoms with Crippen LogP contribution in [0.15, 0.2) is 41.6 Å². The van der Waals surface area contributed by atoms with Gasteiger partial charge in [-0.2, -0.15) is 5.26 Å². The van der Waals surface area contributed by atoms with Gasteiger partial charge in [0.15, 0.2) is 5.71 Å². The molecule has 0 saturated heterocycles. The zero-order valence-corrected chi connectivity index (χ0v) is 10.3. The molecule has 1 rings (SSSR count). The first-order valence-electron chi connectivity index (χ1n) is 5.74. The molecule has 1 N–H and O–H groups in total. The van der Waals surface area contributed by atoms with E-state index in [0.29, 0.717) is 0 Å². The van der Waals surface area contributed by atoms with Crippen LogP contribution in [0.2, 0.25) is 0 Å². The van der Waals surface area contributed by atoms with Gasteiger partial charge in [-0.05, 0) is 11.6 Å². The summed E-state index contributed by atoms with van der Waals surface area (Å²) in [6.07, 6.45) is 3.77. The number of hydrogen-bond donors (Lipinski definition) is 1. The summed E-state index contributed by atoms with van der Waals surface area (Å²) in [5.41, 5.74) is 0.882. The van der Waals surface area contributed by atoms with Gasteiger partial charge in [0.25, 0.3) is 0 Å². The lowest BCUT2D eigenvalue weighted by Gasteiger charge is -1.98. The highest BCUT2D eigenvalue weighted by Gasteiger charge is 2.09. The second-order valence-electron chi connectivity index (χ2n) is 3.61. The van der Waals surface area contributed by atoms with Crippen molar-refractivity contribution in [1.29, 1.82) is 5.26 Å². The molecule has 0 radical (unpaired) electrons. The van der Waals surface area contributed by atoms with E-state index in [4.69, 9.17) is 15.2 Å². The van der Waals surface area contributed by atoms with Gasteiger partial charge in [-0.3, -0.25) is 0 Å². The highest BCUT2D eigenvalue weighted by atomic mass is 16.6. The highest BCUT2D eigenvalue weighted by molar-refractivity contribution is 6.35. The van der Waals surface area contributed by atoms with Gasteiger partial charge >= 0.3 is 5.97 Å². The van der Waals surface area contributed by atoms with Crippen LogP contribution in [-0.4, -0.2) is 23.4 Å². The van der Waals surface area contributed by atoms with E-state index in [1.807, 2.05) is 42.5 Å². The van der Waals surface area contributed by atoms with E-state index in [1.165, 1.54) is 0 Å². The first kappa shape index (κ1) is 14.5. The topological polar surface area (TPSA) is 82.7 Å². The number of aliphatic carboxylic acids is 1. The Bertz CT molecular complexity index is 501. The maximum Gasteiger partial charge on any atom is 0.353 e. The highest BCUT2D eigenvalue weighted by Crippen LogP contribution is 2.01. The van der Waals surface area contributed by atoms with Gasteiger partial charge in [-0.25, -0.2) is 4.79 Å². The van der Waals surface area contributed by atoms with Crippen LogP contribution in [0.25, 0.3) is 6.08 Å². The Morgan fingerprint density at radius 3 is 2.79 bits per heavy atom. The number of carboxylic acid groups (broad SMARTS) is 1. The molecular weight excluding hydrogens is 244 g/mol. The molecule has 5 nitrogen and oxygen atoms in total. The Kier molecular flexibility index (Phi) is 6.45. The molecule has 5 heteroatoms. The molecule has 0 atom stereocenters. The van der Waals surface area contributed by atoms with E-state index >= 15 is 0 Å². The fourth-order valence-corrected chi connectivity index (χ4v) is 1.27. The third kappa shape index (κ3) is 6.03. The Balaban J connectivity index is 2.41. The van der Waals surface area contributed by atoms with E-state index in [1.54, 1.807) is 6.08 Å². The summed E-state index contributed by atoms with van der Waals surface area (Å²) >= 11 is 0. The van der Waals surface area contributed by atoms with Crippen LogP contribution in [0.4, 0.5) is 0 Å². The predicted molar refractivity (Wildman–Crippen MR) is 71.3 cm³/mol. The number of hydrogen-bond acceptors (Lipinski definition) is 4. The molecule has 0 heterocycles. The van der Waals surface area contributed by atoms with E-state index in [-0.39, 0.29) is 25.2 Å². The summed E-state index contributed by atoms with van der Waals surface area (Å²) in [7, 11) is 0. The van der Waals surface area contributed by atoms with Gasteiger partial charge in [-0.1, -0.05) is 41.6 Å². The number of oxime groups is 1.